The monoisotopic (exact) mass is 438 g/mol. The average Bonchev–Trinajstić information content (AvgIpc) is 2.81. The largest absolute Gasteiger partial charge is 0.497 e. The summed E-state index contributed by atoms with van der Waals surface area (Å²) in [7, 11) is 1.65. The fraction of sp³-hybridized carbons (Fsp3) is 0.458. The Morgan fingerprint density at radius 2 is 1.97 bits per heavy atom. The van der Waals surface area contributed by atoms with Crippen LogP contribution in [0.1, 0.15) is 19.4 Å². The van der Waals surface area contributed by atoms with Crippen LogP contribution in [-0.2, 0) is 11.2 Å². The molecule has 2 atom stereocenters. The molecule has 0 unspecified atom stereocenters. The summed E-state index contributed by atoms with van der Waals surface area (Å²) in [5, 5.41) is 14.4. The lowest BCUT2D eigenvalue weighted by molar-refractivity contribution is -0.384. The van der Waals surface area contributed by atoms with E-state index in [0.29, 0.717) is 25.4 Å². The highest BCUT2D eigenvalue weighted by molar-refractivity contribution is 5.82. The molecule has 0 saturated carbocycles. The maximum Gasteiger partial charge on any atom is 0.269 e. The summed E-state index contributed by atoms with van der Waals surface area (Å²) in [6, 6.07) is 13.0. The molecule has 8 heteroatoms. The van der Waals surface area contributed by atoms with Gasteiger partial charge in [0.1, 0.15) is 5.75 Å². The first-order valence-corrected chi connectivity index (χ1v) is 11.1. The van der Waals surface area contributed by atoms with Crippen molar-refractivity contribution < 1.29 is 14.5 Å². The Morgan fingerprint density at radius 1 is 1.22 bits per heavy atom. The number of nitro benzene ring substituents is 1. The number of piperazine rings is 1. The molecule has 1 amide bonds. The zero-order valence-corrected chi connectivity index (χ0v) is 18.8. The van der Waals surface area contributed by atoms with E-state index in [1.54, 1.807) is 19.2 Å². The van der Waals surface area contributed by atoms with Crippen LogP contribution in [0.3, 0.4) is 0 Å². The number of non-ortho nitro benzene ring substituents is 1. The minimum absolute atomic E-state index is 0.00744. The van der Waals surface area contributed by atoms with Crippen molar-refractivity contribution >= 4 is 23.0 Å². The van der Waals surface area contributed by atoms with Gasteiger partial charge in [-0.3, -0.25) is 14.9 Å². The average molecular weight is 439 g/mol. The molecular weight excluding hydrogens is 408 g/mol. The van der Waals surface area contributed by atoms with Gasteiger partial charge < -0.3 is 19.9 Å². The molecule has 0 spiro atoms. The Hall–Kier alpha value is -3.29. The van der Waals surface area contributed by atoms with Crippen molar-refractivity contribution in [3.05, 3.63) is 58.1 Å². The van der Waals surface area contributed by atoms with E-state index in [0.717, 1.165) is 35.8 Å². The number of nitro groups is 1. The Balaban J connectivity index is 1.63. The van der Waals surface area contributed by atoms with Crippen molar-refractivity contribution in [2.75, 3.05) is 43.1 Å². The molecule has 2 aromatic rings. The lowest BCUT2D eigenvalue weighted by Crippen LogP contribution is -2.61. The number of hydrogen-bond donors (Lipinski definition) is 1. The molecule has 1 fully saturated rings. The van der Waals surface area contributed by atoms with Crippen molar-refractivity contribution in [1.29, 1.82) is 0 Å². The highest BCUT2D eigenvalue weighted by Crippen LogP contribution is 2.38. The van der Waals surface area contributed by atoms with Crippen LogP contribution in [0.5, 0.6) is 5.75 Å². The molecule has 0 radical (unpaired) electrons. The van der Waals surface area contributed by atoms with Gasteiger partial charge in [0.05, 0.1) is 24.0 Å². The topological polar surface area (TPSA) is 87.9 Å². The molecular formula is C24H30N4O4. The van der Waals surface area contributed by atoms with Crippen molar-refractivity contribution in [2.24, 2.45) is 11.8 Å². The van der Waals surface area contributed by atoms with Crippen LogP contribution in [0.15, 0.2) is 42.5 Å². The van der Waals surface area contributed by atoms with E-state index in [2.05, 4.69) is 29.0 Å². The number of nitrogens with zero attached hydrogens (tertiary/aromatic N) is 3. The van der Waals surface area contributed by atoms with E-state index in [1.807, 2.05) is 30.3 Å². The van der Waals surface area contributed by atoms with Gasteiger partial charge in [0, 0.05) is 49.7 Å². The minimum atomic E-state index is -0.373. The lowest BCUT2D eigenvalue weighted by atomic mass is 9.83. The Kier molecular flexibility index (Phi) is 6.21. The summed E-state index contributed by atoms with van der Waals surface area (Å²) < 4.78 is 5.27. The van der Waals surface area contributed by atoms with Gasteiger partial charge in [-0.1, -0.05) is 13.8 Å². The van der Waals surface area contributed by atoms with Crippen LogP contribution in [-0.4, -0.2) is 50.2 Å². The molecule has 8 nitrogen and oxygen atoms in total. The predicted molar refractivity (Wildman–Crippen MR) is 124 cm³/mol. The van der Waals surface area contributed by atoms with E-state index in [-0.39, 0.29) is 28.5 Å². The number of anilines is 2. The van der Waals surface area contributed by atoms with Crippen LogP contribution in [0.2, 0.25) is 0 Å². The van der Waals surface area contributed by atoms with Gasteiger partial charge in [-0.05, 0) is 48.2 Å². The van der Waals surface area contributed by atoms with Crippen LogP contribution in [0, 0.1) is 22.0 Å². The van der Waals surface area contributed by atoms with Crippen LogP contribution in [0.4, 0.5) is 17.1 Å². The molecule has 32 heavy (non-hydrogen) atoms. The highest BCUT2D eigenvalue weighted by atomic mass is 16.6. The minimum Gasteiger partial charge on any atom is -0.497 e. The third-order valence-corrected chi connectivity index (χ3v) is 6.37. The first-order chi connectivity index (χ1) is 15.4. The van der Waals surface area contributed by atoms with Gasteiger partial charge >= 0.3 is 0 Å². The Labute approximate surface area is 188 Å². The number of fused-ring (bicyclic) bond motifs is 3. The summed E-state index contributed by atoms with van der Waals surface area (Å²) in [6.45, 7) is 7.01. The number of nitrogens with one attached hydrogen (secondary N) is 1. The summed E-state index contributed by atoms with van der Waals surface area (Å²) >= 11 is 0. The summed E-state index contributed by atoms with van der Waals surface area (Å²) in [6.07, 6.45) is 0.499. The molecule has 170 valence electrons. The third kappa shape index (κ3) is 4.35. The van der Waals surface area contributed by atoms with Crippen LogP contribution < -0.4 is 19.9 Å². The number of amides is 1. The van der Waals surface area contributed by atoms with E-state index in [4.69, 9.17) is 4.74 Å². The standard InChI is InChI=1S/C24H30N4O4/c1-16(2)14-25-24(29)21-13-17-12-19(28(30)31)6-9-22(17)27-11-10-26(15-23(21)27)18-4-7-20(32-3)8-5-18/h4-9,12,16,21,23H,10-11,13-15H2,1-3H3,(H,25,29)/t21-,23+/m1/s1. The van der Waals surface area contributed by atoms with Gasteiger partial charge in [0.25, 0.3) is 5.69 Å². The third-order valence-electron chi connectivity index (χ3n) is 6.37. The lowest BCUT2D eigenvalue weighted by Gasteiger charge is -2.49. The number of carbonyl (C=O) groups is 1. The number of rotatable bonds is 6. The summed E-state index contributed by atoms with van der Waals surface area (Å²) in [5.74, 6) is 0.910. The van der Waals surface area contributed by atoms with Crippen LogP contribution in [0.25, 0.3) is 0 Å². The van der Waals surface area contributed by atoms with Gasteiger partial charge in [0.15, 0.2) is 0 Å². The van der Waals surface area contributed by atoms with E-state index in [1.165, 1.54) is 0 Å². The molecule has 1 saturated heterocycles. The van der Waals surface area contributed by atoms with E-state index in [9.17, 15) is 14.9 Å². The number of carbonyl (C=O) groups excluding carboxylic acids is 1. The molecule has 2 aliphatic heterocycles. The maximum atomic E-state index is 13.2. The van der Waals surface area contributed by atoms with Crippen molar-refractivity contribution in [2.45, 2.75) is 26.3 Å². The second kappa shape index (κ2) is 9.06. The molecule has 0 bridgehead atoms. The molecule has 2 aromatic carbocycles. The number of methoxy groups -OCH3 is 1. The smallest absolute Gasteiger partial charge is 0.269 e. The molecule has 0 aromatic heterocycles. The molecule has 1 N–H and O–H groups in total. The fourth-order valence-electron chi connectivity index (χ4n) is 4.69. The molecule has 4 rings (SSSR count). The quantitative estimate of drug-likeness (QED) is 0.550. The van der Waals surface area contributed by atoms with Gasteiger partial charge in [-0.2, -0.15) is 0 Å². The SMILES string of the molecule is COc1ccc(N2CCN3c4ccc([N+](=O)[O-])cc4C[C@@H](C(=O)NCC(C)C)[C@@H]3C2)cc1. The van der Waals surface area contributed by atoms with E-state index >= 15 is 0 Å². The highest BCUT2D eigenvalue weighted by Gasteiger charge is 2.42. The Morgan fingerprint density at radius 3 is 2.62 bits per heavy atom. The number of benzene rings is 2. The van der Waals surface area contributed by atoms with Gasteiger partial charge in [-0.25, -0.2) is 0 Å². The molecule has 2 heterocycles. The first-order valence-electron chi connectivity index (χ1n) is 11.1. The normalized spacial score (nSPS) is 19.9. The fourth-order valence-corrected chi connectivity index (χ4v) is 4.69. The van der Waals surface area contributed by atoms with Crippen LogP contribution >= 0.6 is 0 Å². The Bertz CT molecular complexity index is 992. The predicted octanol–water partition coefficient (Wildman–Crippen LogP) is 3.24. The summed E-state index contributed by atoms with van der Waals surface area (Å²) in [4.78, 5) is 28.7. The molecule has 2 aliphatic rings. The number of ether oxygens (including phenoxy) is 1. The van der Waals surface area contributed by atoms with E-state index < -0.39 is 0 Å². The van der Waals surface area contributed by atoms with Crippen molar-refractivity contribution in [3.8, 4) is 5.75 Å². The van der Waals surface area contributed by atoms with Crippen molar-refractivity contribution in [1.82, 2.24) is 5.32 Å². The maximum absolute atomic E-state index is 13.2. The zero-order chi connectivity index (χ0) is 22.8. The van der Waals surface area contributed by atoms with Crippen molar-refractivity contribution in [3.63, 3.8) is 0 Å². The van der Waals surface area contributed by atoms with Gasteiger partial charge in [0.2, 0.25) is 5.91 Å². The second-order valence-electron chi connectivity index (χ2n) is 8.92. The number of hydrogen-bond acceptors (Lipinski definition) is 6. The summed E-state index contributed by atoms with van der Waals surface area (Å²) in [5.41, 5.74) is 3.04. The first kappa shape index (κ1) is 21.9. The second-order valence-corrected chi connectivity index (χ2v) is 8.92. The van der Waals surface area contributed by atoms with Gasteiger partial charge in [-0.15, -0.1) is 0 Å². The molecule has 0 aliphatic carbocycles. The zero-order valence-electron chi connectivity index (χ0n) is 18.8.